The summed E-state index contributed by atoms with van der Waals surface area (Å²) in [6, 6.07) is 0. The topological polar surface area (TPSA) is 17.0 Å². The molecule has 0 aliphatic rings. The van der Waals surface area contributed by atoms with Crippen LogP contribution >= 0.6 is 0 Å². The molecular formula is C12H22NO+. The van der Waals surface area contributed by atoms with Gasteiger partial charge in [-0.25, -0.2) is 0 Å². The van der Waals surface area contributed by atoms with E-state index < -0.39 is 0 Å². The Morgan fingerprint density at radius 3 is 2.50 bits per heavy atom. The standard InChI is InChI=1S/C12H22NO/c1-3-4-5-6-7-8-9-13-10-11-14-12(13)2/h10-11H,3-9H2,1-2H3/q+1. The molecule has 80 valence electrons. The maximum absolute atomic E-state index is 5.22. The normalized spacial score (nSPS) is 10.7. The van der Waals surface area contributed by atoms with Crippen LogP contribution < -0.4 is 4.57 Å². The zero-order valence-electron chi connectivity index (χ0n) is 9.46. The van der Waals surface area contributed by atoms with Gasteiger partial charge in [-0.2, -0.15) is 4.57 Å². The minimum Gasteiger partial charge on any atom is -0.410 e. The first-order chi connectivity index (χ1) is 6.84. The van der Waals surface area contributed by atoms with E-state index in [-0.39, 0.29) is 0 Å². The number of unbranched alkanes of at least 4 members (excludes halogenated alkanes) is 5. The summed E-state index contributed by atoms with van der Waals surface area (Å²) >= 11 is 0. The van der Waals surface area contributed by atoms with Crippen molar-refractivity contribution in [2.45, 2.75) is 58.9 Å². The molecule has 0 N–H and O–H groups in total. The van der Waals surface area contributed by atoms with Crippen molar-refractivity contribution in [2.75, 3.05) is 0 Å². The lowest BCUT2D eigenvalue weighted by atomic mass is 10.1. The molecule has 1 heterocycles. The van der Waals surface area contributed by atoms with Crippen molar-refractivity contribution in [2.24, 2.45) is 0 Å². The molecule has 0 spiro atoms. The van der Waals surface area contributed by atoms with Gasteiger partial charge in [0.05, 0.1) is 6.92 Å². The second-order valence-corrected chi connectivity index (χ2v) is 3.88. The van der Waals surface area contributed by atoms with E-state index in [1.165, 1.54) is 38.5 Å². The maximum atomic E-state index is 5.22. The fourth-order valence-electron chi connectivity index (χ4n) is 1.67. The van der Waals surface area contributed by atoms with E-state index in [1.54, 1.807) is 6.26 Å². The second-order valence-electron chi connectivity index (χ2n) is 3.88. The zero-order chi connectivity index (χ0) is 10.2. The predicted molar refractivity (Wildman–Crippen MR) is 57.0 cm³/mol. The third kappa shape index (κ3) is 3.95. The van der Waals surface area contributed by atoms with E-state index >= 15 is 0 Å². The molecule has 2 nitrogen and oxygen atoms in total. The van der Waals surface area contributed by atoms with Crippen LogP contribution in [0.1, 0.15) is 51.3 Å². The molecule has 1 aromatic heterocycles. The Labute approximate surface area is 86.9 Å². The maximum Gasteiger partial charge on any atom is 0.343 e. The Bertz CT molecular complexity index is 242. The Balaban J connectivity index is 2.02. The van der Waals surface area contributed by atoms with Gasteiger partial charge in [0.1, 0.15) is 0 Å². The number of aromatic nitrogens is 1. The van der Waals surface area contributed by atoms with Crippen LogP contribution in [0.15, 0.2) is 16.9 Å². The molecular weight excluding hydrogens is 174 g/mol. The predicted octanol–water partition coefficient (Wildman–Crippen LogP) is 3.24. The highest BCUT2D eigenvalue weighted by Gasteiger charge is 2.06. The first kappa shape index (κ1) is 11.3. The molecule has 0 radical (unpaired) electrons. The molecule has 0 saturated carbocycles. The van der Waals surface area contributed by atoms with Crippen LogP contribution in [0.3, 0.4) is 0 Å². The second kappa shape index (κ2) is 6.63. The van der Waals surface area contributed by atoms with Gasteiger partial charge in [-0.05, 0) is 6.42 Å². The fourth-order valence-corrected chi connectivity index (χ4v) is 1.67. The Hall–Kier alpha value is -0.790. The van der Waals surface area contributed by atoms with E-state index in [0.717, 1.165) is 12.4 Å². The van der Waals surface area contributed by atoms with Gasteiger partial charge in [-0.15, -0.1) is 0 Å². The average Bonchev–Trinajstić information content (AvgIpc) is 2.58. The molecule has 2 heteroatoms. The van der Waals surface area contributed by atoms with Crippen LogP contribution in [0.5, 0.6) is 0 Å². The summed E-state index contributed by atoms with van der Waals surface area (Å²) in [5.41, 5.74) is 0. The molecule has 0 aliphatic heterocycles. The van der Waals surface area contributed by atoms with Crippen LogP contribution in [0.2, 0.25) is 0 Å². The van der Waals surface area contributed by atoms with Crippen molar-refractivity contribution in [1.82, 2.24) is 0 Å². The Kier molecular flexibility index (Phi) is 5.35. The van der Waals surface area contributed by atoms with E-state index in [0.29, 0.717) is 0 Å². The third-order valence-electron chi connectivity index (χ3n) is 2.64. The zero-order valence-corrected chi connectivity index (χ0v) is 9.46. The molecule has 0 bridgehead atoms. The van der Waals surface area contributed by atoms with Crippen LogP contribution in [-0.2, 0) is 6.54 Å². The summed E-state index contributed by atoms with van der Waals surface area (Å²) in [6.45, 7) is 5.37. The van der Waals surface area contributed by atoms with Crippen LogP contribution in [0, 0.1) is 6.92 Å². The molecule has 0 amide bonds. The lowest BCUT2D eigenvalue weighted by Crippen LogP contribution is -2.33. The smallest absolute Gasteiger partial charge is 0.343 e. The van der Waals surface area contributed by atoms with Crippen molar-refractivity contribution < 1.29 is 8.98 Å². The molecule has 0 saturated heterocycles. The highest BCUT2D eigenvalue weighted by Crippen LogP contribution is 2.04. The number of oxazole rings is 1. The molecule has 0 unspecified atom stereocenters. The summed E-state index contributed by atoms with van der Waals surface area (Å²) in [4.78, 5) is 0. The van der Waals surface area contributed by atoms with E-state index in [4.69, 9.17) is 4.42 Å². The molecule has 14 heavy (non-hydrogen) atoms. The highest BCUT2D eigenvalue weighted by molar-refractivity contribution is 4.60. The average molecular weight is 196 g/mol. The first-order valence-electron chi connectivity index (χ1n) is 5.78. The lowest BCUT2D eigenvalue weighted by molar-refractivity contribution is -0.706. The fraction of sp³-hybridized carbons (Fsp3) is 0.750. The molecule has 0 atom stereocenters. The SMILES string of the molecule is CCCCCCCC[n+]1ccoc1C. The number of hydrogen-bond acceptors (Lipinski definition) is 1. The summed E-state index contributed by atoms with van der Waals surface area (Å²) in [5, 5.41) is 0. The van der Waals surface area contributed by atoms with Gasteiger partial charge in [-0.1, -0.05) is 32.6 Å². The largest absolute Gasteiger partial charge is 0.410 e. The van der Waals surface area contributed by atoms with Gasteiger partial charge < -0.3 is 4.42 Å². The number of rotatable bonds is 7. The van der Waals surface area contributed by atoms with E-state index in [2.05, 4.69) is 11.5 Å². The number of hydrogen-bond donors (Lipinski definition) is 0. The molecule has 0 aliphatic carbocycles. The highest BCUT2D eigenvalue weighted by atomic mass is 16.3. The van der Waals surface area contributed by atoms with Crippen molar-refractivity contribution >= 4 is 0 Å². The van der Waals surface area contributed by atoms with Gasteiger partial charge in [0.25, 0.3) is 0 Å². The van der Waals surface area contributed by atoms with E-state index in [1.807, 2.05) is 13.1 Å². The minimum atomic E-state index is 1.01. The molecule has 1 rings (SSSR count). The Morgan fingerprint density at radius 2 is 1.86 bits per heavy atom. The van der Waals surface area contributed by atoms with Crippen molar-refractivity contribution in [3.63, 3.8) is 0 Å². The summed E-state index contributed by atoms with van der Waals surface area (Å²) < 4.78 is 7.40. The Morgan fingerprint density at radius 1 is 1.14 bits per heavy atom. The van der Waals surface area contributed by atoms with Gasteiger partial charge in [0.2, 0.25) is 6.20 Å². The minimum absolute atomic E-state index is 1.01. The van der Waals surface area contributed by atoms with Crippen LogP contribution in [-0.4, -0.2) is 0 Å². The summed E-state index contributed by atoms with van der Waals surface area (Å²) in [6.07, 6.45) is 11.9. The van der Waals surface area contributed by atoms with Crippen molar-refractivity contribution in [1.29, 1.82) is 0 Å². The van der Waals surface area contributed by atoms with E-state index in [9.17, 15) is 0 Å². The number of aryl methyl sites for hydroxylation is 2. The molecule has 0 fully saturated rings. The van der Waals surface area contributed by atoms with Crippen LogP contribution in [0.25, 0.3) is 0 Å². The van der Waals surface area contributed by atoms with Gasteiger partial charge in [-0.3, -0.25) is 0 Å². The third-order valence-corrected chi connectivity index (χ3v) is 2.64. The lowest BCUT2D eigenvalue weighted by Gasteiger charge is -1.97. The van der Waals surface area contributed by atoms with Gasteiger partial charge >= 0.3 is 5.89 Å². The van der Waals surface area contributed by atoms with Crippen molar-refractivity contribution in [3.8, 4) is 0 Å². The van der Waals surface area contributed by atoms with Crippen molar-refractivity contribution in [3.05, 3.63) is 18.4 Å². The monoisotopic (exact) mass is 196 g/mol. The van der Waals surface area contributed by atoms with Gasteiger partial charge in [0.15, 0.2) is 12.8 Å². The molecule has 1 aromatic rings. The number of nitrogens with zero attached hydrogens (tertiary/aromatic N) is 1. The summed E-state index contributed by atoms with van der Waals surface area (Å²) in [5.74, 6) is 1.01. The summed E-state index contributed by atoms with van der Waals surface area (Å²) in [7, 11) is 0. The first-order valence-corrected chi connectivity index (χ1v) is 5.78. The quantitative estimate of drug-likeness (QED) is 0.483. The van der Waals surface area contributed by atoms with Crippen LogP contribution in [0.4, 0.5) is 0 Å². The van der Waals surface area contributed by atoms with Gasteiger partial charge in [0, 0.05) is 6.42 Å². The molecule has 0 aromatic carbocycles.